The fraction of sp³-hybridized carbons (Fsp3) is 0.538. The van der Waals surface area contributed by atoms with Crippen LogP contribution in [0.3, 0.4) is 0 Å². The van der Waals surface area contributed by atoms with Gasteiger partial charge in [-0.05, 0) is 26.0 Å². The summed E-state index contributed by atoms with van der Waals surface area (Å²) < 4.78 is 65.3. The number of likely N-dealkylation sites (N-methyl/N-ethyl adjacent to an activating group) is 1. The summed E-state index contributed by atoms with van der Waals surface area (Å²) in [7, 11) is -4.30. The predicted octanol–water partition coefficient (Wildman–Crippen LogP) is 2.45. The van der Waals surface area contributed by atoms with Crippen molar-refractivity contribution in [2.45, 2.75) is 37.4 Å². The topological polar surface area (TPSA) is 63.4 Å². The number of halogens is 3. The van der Waals surface area contributed by atoms with Crippen LogP contribution in [0, 0.1) is 0 Å². The first-order chi connectivity index (χ1) is 9.48. The third-order valence-corrected chi connectivity index (χ3v) is 5.47. The SMILES string of the molecule is CCN(C(C)(C)CN)S(=O)(=O)c1ccccc1C(F)(F)F. The van der Waals surface area contributed by atoms with Gasteiger partial charge in [0.25, 0.3) is 0 Å². The molecule has 0 saturated heterocycles. The van der Waals surface area contributed by atoms with E-state index < -0.39 is 32.2 Å². The van der Waals surface area contributed by atoms with Crippen molar-refractivity contribution in [2.75, 3.05) is 13.1 Å². The highest BCUT2D eigenvalue weighted by Gasteiger charge is 2.41. The van der Waals surface area contributed by atoms with Crippen molar-refractivity contribution in [1.29, 1.82) is 0 Å². The molecule has 2 N–H and O–H groups in total. The van der Waals surface area contributed by atoms with E-state index in [2.05, 4.69) is 0 Å². The molecule has 1 aromatic rings. The molecule has 21 heavy (non-hydrogen) atoms. The van der Waals surface area contributed by atoms with Gasteiger partial charge < -0.3 is 5.73 Å². The molecule has 0 fully saturated rings. The van der Waals surface area contributed by atoms with Crippen LogP contribution in [0.2, 0.25) is 0 Å². The number of nitrogens with two attached hydrogens (primary N) is 1. The quantitative estimate of drug-likeness (QED) is 0.905. The maximum atomic E-state index is 13.0. The second kappa shape index (κ2) is 5.94. The van der Waals surface area contributed by atoms with Gasteiger partial charge in [0.05, 0.1) is 10.5 Å². The van der Waals surface area contributed by atoms with Crippen LogP contribution in [0.15, 0.2) is 29.2 Å². The van der Waals surface area contributed by atoms with E-state index in [1.54, 1.807) is 20.8 Å². The molecule has 8 heteroatoms. The third kappa shape index (κ3) is 3.56. The van der Waals surface area contributed by atoms with E-state index in [1.165, 1.54) is 6.07 Å². The molecular weight excluding hydrogens is 305 g/mol. The highest BCUT2D eigenvalue weighted by atomic mass is 32.2. The lowest BCUT2D eigenvalue weighted by atomic mass is 10.1. The van der Waals surface area contributed by atoms with Crippen LogP contribution >= 0.6 is 0 Å². The summed E-state index contributed by atoms with van der Waals surface area (Å²) in [5.41, 5.74) is 3.40. The predicted molar refractivity (Wildman–Crippen MR) is 74.1 cm³/mol. The summed E-state index contributed by atoms with van der Waals surface area (Å²) in [5, 5.41) is 0. The second-order valence-electron chi connectivity index (χ2n) is 5.18. The van der Waals surface area contributed by atoms with Crippen molar-refractivity contribution in [3.8, 4) is 0 Å². The maximum Gasteiger partial charge on any atom is 0.417 e. The van der Waals surface area contributed by atoms with Gasteiger partial charge in [0.1, 0.15) is 0 Å². The Kier molecular flexibility index (Phi) is 5.07. The zero-order chi connectivity index (χ0) is 16.5. The van der Waals surface area contributed by atoms with Crippen LogP contribution in [-0.4, -0.2) is 31.4 Å². The van der Waals surface area contributed by atoms with E-state index in [0.29, 0.717) is 0 Å². The summed E-state index contributed by atoms with van der Waals surface area (Å²) in [6, 6.07) is 4.15. The van der Waals surface area contributed by atoms with Gasteiger partial charge in [-0.1, -0.05) is 19.1 Å². The zero-order valence-electron chi connectivity index (χ0n) is 12.1. The molecule has 0 aliphatic rings. The van der Waals surface area contributed by atoms with Crippen molar-refractivity contribution >= 4 is 10.0 Å². The Bertz CT molecular complexity index is 598. The lowest BCUT2D eigenvalue weighted by Crippen LogP contribution is -2.52. The molecule has 0 heterocycles. The number of nitrogens with zero attached hydrogens (tertiary/aromatic N) is 1. The average Bonchev–Trinajstić information content (AvgIpc) is 2.38. The third-order valence-electron chi connectivity index (χ3n) is 3.22. The lowest BCUT2D eigenvalue weighted by Gasteiger charge is -2.36. The van der Waals surface area contributed by atoms with E-state index >= 15 is 0 Å². The minimum atomic E-state index is -4.74. The maximum absolute atomic E-state index is 13.0. The molecule has 0 spiro atoms. The Morgan fingerprint density at radius 2 is 1.71 bits per heavy atom. The molecule has 4 nitrogen and oxygen atoms in total. The number of benzene rings is 1. The first kappa shape index (κ1) is 17.9. The molecule has 0 aromatic heterocycles. The fourth-order valence-electron chi connectivity index (χ4n) is 2.07. The summed E-state index contributed by atoms with van der Waals surface area (Å²) in [6.07, 6.45) is -4.74. The highest BCUT2D eigenvalue weighted by molar-refractivity contribution is 7.89. The van der Waals surface area contributed by atoms with E-state index in [1.807, 2.05) is 0 Å². The van der Waals surface area contributed by atoms with Gasteiger partial charge in [0.15, 0.2) is 0 Å². The number of rotatable bonds is 5. The Balaban J connectivity index is 3.52. The van der Waals surface area contributed by atoms with E-state index in [9.17, 15) is 21.6 Å². The molecule has 0 aliphatic heterocycles. The molecule has 0 bridgehead atoms. The highest BCUT2D eigenvalue weighted by Crippen LogP contribution is 2.36. The molecule has 0 atom stereocenters. The van der Waals surface area contributed by atoms with Crippen molar-refractivity contribution in [3.63, 3.8) is 0 Å². The molecule has 1 aromatic carbocycles. The minimum absolute atomic E-state index is 0.00570. The number of sulfonamides is 1. The van der Waals surface area contributed by atoms with Crippen LogP contribution in [0.5, 0.6) is 0 Å². The minimum Gasteiger partial charge on any atom is -0.329 e. The van der Waals surface area contributed by atoms with Crippen LogP contribution in [0.25, 0.3) is 0 Å². The van der Waals surface area contributed by atoms with Crippen molar-refractivity contribution in [2.24, 2.45) is 5.73 Å². The average molecular weight is 324 g/mol. The standard InChI is InChI=1S/C13H19F3N2O2S/c1-4-18(12(2,3)9-17)21(19,20)11-8-6-5-7-10(11)13(14,15)16/h5-8H,4,9,17H2,1-3H3. The summed E-state index contributed by atoms with van der Waals surface area (Å²) >= 11 is 0. The van der Waals surface area contributed by atoms with Crippen molar-refractivity contribution < 1.29 is 21.6 Å². The molecule has 120 valence electrons. The van der Waals surface area contributed by atoms with E-state index in [4.69, 9.17) is 5.73 Å². The molecular formula is C13H19F3N2O2S. The Labute approximate surface area is 122 Å². The van der Waals surface area contributed by atoms with Gasteiger partial charge in [-0.2, -0.15) is 17.5 Å². The Morgan fingerprint density at radius 1 is 1.19 bits per heavy atom. The largest absolute Gasteiger partial charge is 0.417 e. The van der Waals surface area contributed by atoms with Gasteiger partial charge in [0, 0.05) is 18.6 Å². The number of alkyl halides is 3. The molecule has 0 unspecified atom stereocenters. The van der Waals surface area contributed by atoms with Crippen molar-refractivity contribution in [1.82, 2.24) is 4.31 Å². The first-order valence-corrected chi connectivity index (χ1v) is 7.81. The normalized spacial score (nSPS) is 13.7. The van der Waals surface area contributed by atoms with Crippen LogP contribution in [0.4, 0.5) is 13.2 Å². The Morgan fingerprint density at radius 3 is 2.14 bits per heavy atom. The number of hydrogen-bond acceptors (Lipinski definition) is 3. The summed E-state index contributed by atoms with van der Waals surface area (Å²) in [6.45, 7) is 4.73. The van der Waals surface area contributed by atoms with Crippen LogP contribution < -0.4 is 5.73 Å². The van der Waals surface area contributed by atoms with Gasteiger partial charge in [-0.25, -0.2) is 8.42 Å². The fourth-order valence-corrected chi connectivity index (χ4v) is 4.08. The summed E-state index contributed by atoms with van der Waals surface area (Å²) in [4.78, 5) is -0.749. The van der Waals surface area contributed by atoms with Gasteiger partial charge in [0.2, 0.25) is 10.0 Å². The lowest BCUT2D eigenvalue weighted by molar-refractivity contribution is -0.139. The second-order valence-corrected chi connectivity index (χ2v) is 7.01. The van der Waals surface area contributed by atoms with E-state index in [-0.39, 0.29) is 13.1 Å². The van der Waals surface area contributed by atoms with Crippen molar-refractivity contribution in [3.05, 3.63) is 29.8 Å². The monoisotopic (exact) mass is 324 g/mol. The molecule has 0 aliphatic carbocycles. The van der Waals surface area contributed by atoms with Crippen LogP contribution in [0.1, 0.15) is 26.3 Å². The number of hydrogen-bond donors (Lipinski definition) is 1. The molecule has 0 amide bonds. The summed E-state index contributed by atoms with van der Waals surface area (Å²) in [5.74, 6) is 0. The molecule has 0 saturated carbocycles. The molecule has 0 radical (unpaired) electrons. The van der Waals surface area contributed by atoms with E-state index in [0.717, 1.165) is 22.5 Å². The first-order valence-electron chi connectivity index (χ1n) is 6.37. The molecule has 1 rings (SSSR count). The van der Waals surface area contributed by atoms with Crippen LogP contribution in [-0.2, 0) is 16.2 Å². The van der Waals surface area contributed by atoms with Gasteiger partial charge in [-0.15, -0.1) is 0 Å². The Hall–Kier alpha value is -1.12. The smallest absolute Gasteiger partial charge is 0.329 e. The van der Waals surface area contributed by atoms with Gasteiger partial charge >= 0.3 is 6.18 Å². The van der Waals surface area contributed by atoms with Gasteiger partial charge in [-0.3, -0.25) is 0 Å². The zero-order valence-corrected chi connectivity index (χ0v) is 12.9.